The van der Waals surface area contributed by atoms with Crippen LogP contribution >= 0.6 is 15.9 Å². The maximum Gasteiger partial charge on any atom is 0.258 e. The fraction of sp³-hybridized carbons (Fsp3) is 0.200. The standard InChI is InChI=1S/C20H18BrN3O/c21-16-8-10-17(11-9-16)24-13-15(12-22-24)20(25)23-19-7-3-5-14-4-1-2-6-18(14)19/h3,5,7-13H,1-2,4,6H2,(H,23,25). The number of aryl methyl sites for hydroxylation is 1. The highest BCUT2D eigenvalue weighted by atomic mass is 79.9. The molecule has 25 heavy (non-hydrogen) atoms. The summed E-state index contributed by atoms with van der Waals surface area (Å²) in [6.45, 7) is 0. The first-order valence-electron chi connectivity index (χ1n) is 8.43. The molecule has 1 amide bonds. The molecule has 0 atom stereocenters. The van der Waals surface area contributed by atoms with E-state index in [-0.39, 0.29) is 5.91 Å². The maximum atomic E-state index is 12.6. The van der Waals surface area contributed by atoms with Crippen molar-refractivity contribution in [1.29, 1.82) is 0 Å². The van der Waals surface area contributed by atoms with E-state index < -0.39 is 0 Å². The van der Waals surface area contributed by atoms with Gasteiger partial charge in [-0.25, -0.2) is 4.68 Å². The van der Waals surface area contributed by atoms with Gasteiger partial charge in [0.15, 0.2) is 0 Å². The second kappa shape index (κ2) is 6.84. The third-order valence-corrected chi connectivity index (χ3v) is 5.11. The van der Waals surface area contributed by atoms with Gasteiger partial charge >= 0.3 is 0 Å². The Bertz CT molecular complexity index is 915. The smallest absolute Gasteiger partial charge is 0.258 e. The number of carbonyl (C=O) groups is 1. The van der Waals surface area contributed by atoms with Gasteiger partial charge in [-0.3, -0.25) is 4.79 Å². The van der Waals surface area contributed by atoms with E-state index in [9.17, 15) is 4.79 Å². The number of hydrogen-bond donors (Lipinski definition) is 1. The lowest BCUT2D eigenvalue weighted by atomic mass is 9.90. The lowest BCUT2D eigenvalue weighted by Crippen LogP contribution is -2.15. The van der Waals surface area contributed by atoms with Crippen LogP contribution in [-0.2, 0) is 12.8 Å². The molecule has 1 aliphatic rings. The molecule has 1 aliphatic carbocycles. The fourth-order valence-corrected chi connectivity index (χ4v) is 3.53. The molecule has 126 valence electrons. The molecule has 1 heterocycles. The summed E-state index contributed by atoms with van der Waals surface area (Å²) in [5.41, 5.74) is 5.03. The number of halogens is 1. The Labute approximate surface area is 155 Å². The van der Waals surface area contributed by atoms with Gasteiger partial charge in [0.1, 0.15) is 0 Å². The van der Waals surface area contributed by atoms with Gasteiger partial charge in [-0.15, -0.1) is 0 Å². The summed E-state index contributed by atoms with van der Waals surface area (Å²) in [7, 11) is 0. The molecule has 0 unspecified atom stereocenters. The lowest BCUT2D eigenvalue weighted by molar-refractivity contribution is 0.102. The van der Waals surface area contributed by atoms with Gasteiger partial charge in [0.25, 0.3) is 5.91 Å². The summed E-state index contributed by atoms with van der Waals surface area (Å²) < 4.78 is 2.72. The largest absolute Gasteiger partial charge is 0.322 e. The minimum Gasteiger partial charge on any atom is -0.322 e. The van der Waals surface area contributed by atoms with Crippen LogP contribution < -0.4 is 5.32 Å². The molecule has 4 rings (SSSR count). The number of amides is 1. The monoisotopic (exact) mass is 395 g/mol. The second-order valence-corrected chi connectivity index (χ2v) is 7.17. The molecule has 1 aromatic heterocycles. The summed E-state index contributed by atoms with van der Waals surface area (Å²) in [6.07, 6.45) is 7.90. The Kier molecular flexibility index (Phi) is 4.40. The molecule has 0 fully saturated rings. The predicted molar refractivity (Wildman–Crippen MR) is 102 cm³/mol. The van der Waals surface area contributed by atoms with Crippen LogP contribution in [0.1, 0.15) is 34.3 Å². The molecular weight excluding hydrogens is 378 g/mol. The molecule has 5 heteroatoms. The van der Waals surface area contributed by atoms with E-state index in [4.69, 9.17) is 0 Å². The molecule has 1 N–H and O–H groups in total. The first-order chi connectivity index (χ1) is 12.2. The van der Waals surface area contributed by atoms with Gasteiger partial charge in [-0.05, 0) is 67.1 Å². The van der Waals surface area contributed by atoms with Crippen LogP contribution in [0, 0.1) is 0 Å². The van der Waals surface area contributed by atoms with Crippen molar-refractivity contribution in [3.8, 4) is 5.69 Å². The summed E-state index contributed by atoms with van der Waals surface area (Å²) in [4.78, 5) is 12.6. The maximum absolute atomic E-state index is 12.6. The average Bonchev–Trinajstić information content (AvgIpc) is 3.13. The topological polar surface area (TPSA) is 46.9 Å². The van der Waals surface area contributed by atoms with Crippen LogP contribution in [-0.4, -0.2) is 15.7 Å². The van der Waals surface area contributed by atoms with Gasteiger partial charge in [-0.2, -0.15) is 5.10 Å². The molecule has 0 saturated heterocycles. The van der Waals surface area contributed by atoms with Crippen LogP contribution in [0.4, 0.5) is 5.69 Å². The molecule has 0 radical (unpaired) electrons. The summed E-state index contributed by atoms with van der Waals surface area (Å²) in [5, 5.41) is 7.37. The van der Waals surface area contributed by atoms with Crippen LogP contribution in [0.5, 0.6) is 0 Å². The first-order valence-corrected chi connectivity index (χ1v) is 9.23. The molecule has 0 aliphatic heterocycles. The van der Waals surface area contributed by atoms with E-state index in [0.29, 0.717) is 5.56 Å². The van der Waals surface area contributed by atoms with Crippen molar-refractivity contribution in [2.75, 3.05) is 5.32 Å². The van der Waals surface area contributed by atoms with E-state index in [0.717, 1.165) is 28.7 Å². The number of rotatable bonds is 3. The van der Waals surface area contributed by atoms with Crippen LogP contribution in [0.3, 0.4) is 0 Å². The number of fused-ring (bicyclic) bond motifs is 1. The van der Waals surface area contributed by atoms with Crippen molar-refractivity contribution < 1.29 is 4.79 Å². The molecule has 3 aromatic rings. The Hall–Kier alpha value is -2.40. The van der Waals surface area contributed by atoms with E-state index >= 15 is 0 Å². The number of nitrogens with zero attached hydrogens (tertiary/aromatic N) is 2. The number of hydrogen-bond acceptors (Lipinski definition) is 2. The van der Waals surface area contributed by atoms with Crippen LogP contribution in [0.25, 0.3) is 5.69 Å². The van der Waals surface area contributed by atoms with Crippen LogP contribution in [0.15, 0.2) is 59.3 Å². The van der Waals surface area contributed by atoms with Crippen molar-refractivity contribution in [3.63, 3.8) is 0 Å². The Morgan fingerprint density at radius 2 is 1.88 bits per heavy atom. The zero-order valence-electron chi connectivity index (χ0n) is 13.7. The van der Waals surface area contributed by atoms with Gasteiger partial charge < -0.3 is 5.32 Å². The van der Waals surface area contributed by atoms with Gasteiger partial charge in [0.05, 0.1) is 17.4 Å². The number of carbonyl (C=O) groups excluding carboxylic acids is 1. The molecule has 4 nitrogen and oxygen atoms in total. The molecular formula is C20H18BrN3O. The lowest BCUT2D eigenvalue weighted by Gasteiger charge is -2.19. The van der Waals surface area contributed by atoms with E-state index in [1.165, 1.54) is 24.0 Å². The van der Waals surface area contributed by atoms with E-state index in [1.807, 2.05) is 36.4 Å². The molecule has 0 bridgehead atoms. The minimum atomic E-state index is -0.123. The number of aromatic nitrogens is 2. The second-order valence-electron chi connectivity index (χ2n) is 6.25. The highest BCUT2D eigenvalue weighted by Gasteiger charge is 2.16. The molecule has 0 spiro atoms. The Balaban J connectivity index is 1.55. The fourth-order valence-electron chi connectivity index (χ4n) is 3.27. The van der Waals surface area contributed by atoms with Gasteiger partial charge in [0.2, 0.25) is 0 Å². The van der Waals surface area contributed by atoms with Crippen molar-refractivity contribution >= 4 is 27.5 Å². The number of benzene rings is 2. The van der Waals surface area contributed by atoms with Crippen molar-refractivity contribution in [2.45, 2.75) is 25.7 Å². The Morgan fingerprint density at radius 3 is 2.72 bits per heavy atom. The third kappa shape index (κ3) is 3.37. The van der Waals surface area contributed by atoms with Crippen molar-refractivity contribution in [3.05, 3.63) is 76.0 Å². The molecule has 0 saturated carbocycles. The van der Waals surface area contributed by atoms with Gasteiger partial charge in [0, 0.05) is 16.4 Å². The molecule has 2 aromatic carbocycles. The summed E-state index contributed by atoms with van der Waals surface area (Å²) >= 11 is 3.42. The van der Waals surface area contributed by atoms with Gasteiger partial charge in [-0.1, -0.05) is 28.1 Å². The van der Waals surface area contributed by atoms with E-state index in [1.54, 1.807) is 17.1 Å². The zero-order chi connectivity index (χ0) is 17.2. The normalized spacial score (nSPS) is 13.3. The summed E-state index contributed by atoms with van der Waals surface area (Å²) in [6, 6.07) is 14.0. The number of anilines is 1. The summed E-state index contributed by atoms with van der Waals surface area (Å²) in [5.74, 6) is -0.123. The van der Waals surface area contributed by atoms with E-state index in [2.05, 4.69) is 32.4 Å². The first kappa shape index (κ1) is 16.1. The van der Waals surface area contributed by atoms with Crippen LogP contribution in [0.2, 0.25) is 0 Å². The third-order valence-electron chi connectivity index (χ3n) is 4.58. The zero-order valence-corrected chi connectivity index (χ0v) is 15.3. The minimum absolute atomic E-state index is 0.123. The SMILES string of the molecule is O=C(Nc1cccc2c1CCCC2)c1cnn(-c2ccc(Br)cc2)c1. The Morgan fingerprint density at radius 1 is 1.08 bits per heavy atom. The quantitative estimate of drug-likeness (QED) is 0.694. The van der Waals surface area contributed by atoms with Crippen molar-refractivity contribution in [1.82, 2.24) is 9.78 Å². The predicted octanol–water partition coefficient (Wildman–Crippen LogP) is 4.77. The van der Waals surface area contributed by atoms with Crippen molar-refractivity contribution in [2.24, 2.45) is 0 Å². The number of nitrogens with one attached hydrogen (secondary N) is 1. The highest BCUT2D eigenvalue weighted by molar-refractivity contribution is 9.10. The highest BCUT2D eigenvalue weighted by Crippen LogP contribution is 2.28. The average molecular weight is 396 g/mol.